The van der Waals surface area contributed by atoms with Crippen molar-refractivity contribution in [2.75, 3.05) is 5.75 Å². The zero-order valence-electron chi connectivity index (χ0n) is 15.7. The number of amides is 1. The van der Waals surface area contributed by atoms with E-state index >= 15 is 0 Å². The minimum absolute atomic E-state index is 0.0666. The average molecular weight is 370 g/mol. The molecule has 0 heterocycles. The van der Waals surface area contributed by atoms with Gasteiger partial charge in [0.1, 0.15) is 0 Å². The van der Waals surface area contributed by atoms with E-state index in [1.165, 1.54) is 0 Å². The zero-order chi connectivity index (χ0) is 18.9. The molecule has 0 fully saturated rings. The highest BCUT2D eigenvalue weighted by Gasteiger charge is 2.29. The van der Waals surface area contributed by atoms with Crippen LogP contribution in [0.25, 0.3) is 0 Å². The molecule has 0 aliphatic rings. The van der Waals surface area contributed by atoms with Crippen LogP contribution in [-0.4, -0.2) is 25.6 Å². The van der Waals surface area contributed by atoms with Crippen LogP contribution in [-0.2, 0) is 19.1 Å². The van der Waals surface area contributed by atoms with Crippen molar-refractivity contribution in [2.45, 2.75) is 71.4 Å². The summed E-state index contributed by atoms with van der Waals surface area (Å²) < 4.78 is 29.9. The number of hydrogen-bond acceptors (Lipinski definition) is 4. The van der Waals surface area contributed by atoms with E-state index in [2.05, 4.69) is 12.2 Å². The lowest BCUT2D eigenvalue weighted by molar-refractivity contribution is -0.129. The van der Waals surface area contributed by atoms with Crippen LogP contribution in [0.4, 0.5) is 0 Å². The molecule has 5 nitrogen and oxygen atoms in total. The highest BCUT2D eigenvalue weighted by molar-refractivity contribution is 7.86. The van der Waals surface area contributed by atoms with E-state index < -0.39 is 27.7 Å². The second-order valence-corrected chi connectivity index (χ2v) is 9.02. The maximum absolute atomic E-state index is 12.6. The van der Waals surface area contributed by atoms with Gasteiger partial charge in [0.2, 0.25) is 0 Å². The van der Waals surface area contributed by atoms with Crippen LogP contribution in [0.2, 0.25) is 0 Å². The van der Waals surface area contributed by atoms with Gasteiger partial charge in [0.25, 0.3) is 16.0 Å². The van der Waals surface area contributed by atoms with Gasteiger partial charge in [-0.05, 0) is 32.8 Å². The average Bonchev–Trinajstić information content (AvgIpc) is 2.51. The molecule has 0 radical (unpaired) electrons. The molecule has 0 bridgehead atoms. The minimum atomic E-state index is -3.78. The Balaban J connectivity index is 2.81. The lowest BCUT2D eigenvalue weighted by Gasteiger charge is -2.25. The largest absolute Gasteiger partial charge is 0.349 e. The lowest BCUT2D eigenvalue weighted by atomic mass is 10.1. The number of rotatable bonds is 10. The van der Waals surface area contributed by atoms with Gasteiger partial charge < -0.3 is 5.32 Å². The molecule has 142 valence electrons. The molecule has 6 heteroatoms. The topological polar surface area (TPSA) is 72.5 Å². The van der Waals surface area contributed by atoms with E-state index in [1.807, 2.05) is 26.8 Å². The van der Waals surface area contributed by atoms with Gasteiger partial charge in [-0.2, -0.15) is 8.42 Å². The number of benzene rings is 1. The van der Waals surface area contributed by atoms with Crippen LogP contribution >= 0.6 is 0 Å². The lowest BCUT2D eigenvalue weighted by Crippen LogP contribution is -2.44. The second kappa shape index (κ2) is 9.92. The molecule has 25 heavy (non-hydrogen) atoms. The molecule has 1 N–H and O–H groups in total. The monoisotopic (exact) mass is 369 g/mol. The normalized spacial score (nSPS) is 13.4. The first-order valence-corrected chi connectivity index (χ1v) is 10.5. The number of nitrogens with one attached hydrogen (secondary N) is 1. The van der Waals surface area contributed by atoms with E-state index in [-0.39, 0.29) is 5.75 Å². The van der Waals surface area contributed by atoms with Crippen LogP contribution in [0.5, 0.6) is 0 Å². The summed E-state index contributed by atoms with van der Waals surface area (Å²) in [5.41, 5.74) is 0.0519. The summed E-state index contributed by atoms with van der Waals surface area (Å²) in [6.45, 7) is 7.64. The van der Waals surface area contributed by atoms with E-state index in [9.17, 15) is 13.2 Å². The van der Waals surface area contributed by atoms with Crippen LogP contribution in [0.1, 0.15) is 71.5 Å². The third-order valence-corrected chi connectivity index (χ3v) is 4.85. The summed E-state index contributed by atoms with van der Waals surface area (Å²) in [5, 5.41) is 2.80. The molecule has 1 unspecified atom stereocenters. The molecule has 0 aliphatic heterocycles. The molecular weight excluding hydrogens is 338 g/mol. The van der Waals surface area contributed by atoms with Crippen LogP contribution < -0.4 is 5.32 Å². The molecule has 1 aromatic rings. The van der Waals surface area contributed by atoms with Crippen molar-refractivity contribution in [1.29, 1.82) is 0 Å². The Morgan fingerprint density at radius 3 is 2.24 bits per heavy atom. The summed E-state index contributed by atoms with van der Waals surface area (Å²) in [7, 11) is -3.78. The zero-order valence-corrected chi connectivity index (χ0v) is 16.6. The van der Waals surface area contributed by atoms with E-state index in [0.717, 1.165) is 25.7 Å². The molecule has 0 saturated carbocycles. The fourth-order valence-corrected chi connectivity index (χ4v) is 3.54. The molecule has 1 atom stereocenters. The highest BCUT2D eigenvalue weighted by Crippen LogP contribution is 2.22. The van der Waals surface area contributed by atoms with Crippen molar-refractivity contribution in [2.24, 2.45) is 0 Å². The summed E-state index contributed by atoms with van der Waals surface area (Å²) in [6.07, 6.45) is 3.44. The quantitative estimate of drug-likeness (QED) is 0.500. The van der Waals surface area contributed by atoms with Crippen LogP contribution in [0.3, 0.4) is 0 Å². The SMILES string of the molecule is CCCCCCCS(=O)(=O)OC(C(=O)NC(C)(C)C)c1ccccc1. The van der Waals surface area contributed by atoms with Gasteiger partial charge in [0, 0.05) is 5.54 Å². The number of unbranched alkanes of at least 4 members (excludes halogenated alkanes) is 4. The maximum Gasteiger partial charge on any atom is 0.268 e. The molecule has 0 saturated heterocycles. The van der Waals surface area contributed by atoms with Gasteiger partial charge in [0.15, 0.2) is 6.10 Å². The van der Waals surface area contributed by atoms with Crippen molar-refractivity contribution in [3.8, 4) is 0 Å². The smallest absolute Gasteiger partial charge is 0.268 e. The minimum Gasteiger partial charge on any atom is -0.349 e. The third kappa shape index (κ3) is 9.02. The molecule has 0 spiro atoms. The molecule has 0 aromatic heterocycles. The van der Waals surface area contributed by atoms with Gasteiger partial charge in [-0.15, -0.1) is 0 Å². The van der Waals surface area contributed by atoms with Crippen molar-refractivity contribution in [3.05, 3.63) is 35.9 Å². The summed E-state index contributed by atoms with van der Waals surface area (Å²) in [5.74, 6) is -0.517. The molecule has 1 aromatic carbocycles. The Morgan fingerprint density at radius 1 is 1.08 bits per heavy atom. The first-order valence-electron chi connectivity index (χ1n) is 8.92. The fraction of sp³-hybridized carbons (Fsp3) is 0.632. The second-order valence-electron chi connectivity index (χ2n) is 7.30. The summed E-state index contributed by atoms with van der Waals surface area (Å²) >= 11 is 0. The molecule has 0 aliphatic carbocycles. The Kier molecular flexibility index (Phi) is 8.59. The number of carbonyl (C=O) groups is 1. The van der Waals surface area contributed by atoms with E-state index in [1.54, 1.807) is 24.3 Å². The fourth-order valence-electron chi connectivity index (χ4n) is 2.39. The van der Waals surface area contributed by atoms with E-state index in [0.29, 0.717) is 12.0 Å². The van der Waals surface area contributed by atoms with Gasteiger partial charge in [0.05, 0.1) is 5.75 Å². The van der Waals surface area contributed by atoms with Gasteiger partial charge in [-0.25, -0.2) is 0 Å². The van der Waals surface area contributed by atoms with Gasteiger partial charge in [-0.3, -0.25) is 8.98 Å². The van der Waals surface area contributed by atoms with Crippen molar-refractivity contribution < 1.29 is 17.4 Å². The Bertz CT molecular complexity index is 621. The van der Waals surface area contributed by atoms with E-state index in [4.69, 9.17) is 4.18 Å². The first-order chi connectivity index (χ1) is 11.6. The standard InChI is InChI=1S/C19H31NO4S/c1-5-6-7-8-12-15-25(22,23)24-17(16-13-10-9-11-14-16)18(21)20-19(2,3)4/h9-11,13-14,17H,5-8,12,15H2,1-4H3,(H,20,21). The van der Waals surface area contributed by atoms with Gasteiger partial charge in [-0.1, -0.05) is 62.9 Å². The Morgan fingerprint density at radius 2 is 1.68 bits per heavy atom. The van der Waals surface area contributed by atoms with Crippen LogP contribution in [0, 0.1) is 0 Å². The predicted molar refractivity (Wildman–Crippen MR) is 101 cm³/mol. The van der Waals surface area contributed by atoms with Crippen molar-refractivity contribution >= 4 is 16.0 Å². The molecular formula is C19H31NO4S. The van der Waals surface area contributed by atoms with Crippen LogP contribution in [0.15, 0.2) is 30.3 Å². The summed E-state index contributed by atoms with van der Waals surface area (Å²) in [4.78, 5) is 12.6. The predicted octanol–water partition coefficient (Wildman–Crippen LogP) is 3.96. The first kappa shape index (κ1) is 21.6. The number of hydrogen-bond donors (Lipinski definition) is 1. The van der Waals surface area contributed by atoms with Crippen molar-refractivity contribution in [3.63, 3.8) is 0 Å². The molecule has 1 rings (SSSR count). The van der Waals surface area contributed by atoms with Gasteiger partial charge >= 0.3 is 0 Å². The number of carbonyl (C=O) groups excluding carboxylic acids is 1. The highest BCUT2D eigenvalue weighted by atomic mass is 32.2. The Hall–Kier alpha value is -1.40. The third-order valence-electron chi connectivity index (χ3n) is 3.58. The van der Waals surface area contributed by atoms with Crippen molar-refractivity contribution in [1.82, 2.24) is 5.32 Å². The summed E-state index contributed by atoms with van der Waals surface area (Å²) in [6, 6.07) is 8.72. The Labute approximate surface area is 152 Å². The maximum atomic E-state index is 12.6. The molecule has 1 amide bonds.